The molecule has 7 heteroatoms. The number of benzene rings is 1. The molecule has 1 N–H and O–H groups in total. The van der Waals surface area contributed by atoms with Crippen LogP contribution >= 0.6 is 0 Å². The van der Waals surface area contributed by atoms with Crippen molar-refractivity contribution in [3.63, 3.8) is 0 Å². The summed E-state index contributed by atoms with van der Waals surface area (Å²) in [6, 6.07) is 13.2. The second kappa shape index (κ2) is 7.00. The van der Waals surface area contributed by atoms with Gasteiger partial charge in [-0.3, -0.25) is 4.79 Å². The number of halogens is 1. The lowest BCUT2D eigenvalue weighted by Gasteiger charge is -2.11. The molecule has 4 rings (SSSR count). The lowest BCUT2D eigenvalue weighted by atomic mass is 10.1. The van der Waals surface area contributed by atoms with Gasteiger partial charge in [0.1, 0.15) is 29.9 Å². The van der Waals surface area contributed by atoms with Gasteiger partial charge in [-0.15, -0.1) is 0 Å². The zero-order valence-corrected chi connectivity index (χ0v) is 14.9. The van der Waals surface area contributed by atoms with Gasteiger partial charge in [-0.25, -0.2) is 9.37 Å². The average Bonchev–Trinajstić information content (AvgIpc) is 3.03. The molecule has 0 fully saturated rings. The van der Waals surface area contributed by atoms with E-state index in [4.69, 9.17) is 10.00 Å². The van der Waals surface area contributed by atoms with Crippen LogP contribution in [0.4, 0.5) is 4.39 Å². The number of hydrogen-bond donors (Lipinski definition) is 1. The molecule has 0 aliphatic heterocycles. The Morgan fingerprint density at radius 2 is 2.00 bits per heavy atom. The molecule has 0 aliphatic carbocycles. The first-order chi connectivity index (χ1) is 13.6. The van der Waals surface area contributed by atoms with E-state index < -0.39 is 0 Å². The van der Waals surface area contributed by atoms with Gasteiger partial charge in [-0.05, 0) is 42.8 Å². The molecular weight excluding hydrogens is 359 g/mol. The molecule has 138 valence electrons. The van der Waals surface area contributed by atoms with Crippen LogP contribution in [0, 0.1) is 24.1 Å². The predicted octanol–water partition coefficient (Wildman–Crippen LogP) is 3.59. The van der Waals surface area contributed by atoms with E-state index in [-0.39, 0.29) is 18.0 Å². The maximum absolute atomic E-state index is 13.1. The van der Waals surface area contributed by atoms with Crippen LogP contribution in [0.5, 0.6) is 5.75 Å². The van der Waals surface area contributed by atoms with Gasteiger partial charge >= 0.3 is 0 Å². The van der Waals surface area contributed by atoms with Crippen molar-refractivity contribution >= 4 is 5.65 Å². The third kappa shape index (κ3) is 3.12. The summed E-state index contributed by atoms with van der Waals surface area (Å²) >= 11 is 0. The number of fused-ring (bicyclic) bond motifs is 1. The first-order valence-electron chi connectivity index (χ1n) is 8.55. The fraction of sp³-hybridized carbons (Fsp3) is 0.0952. The van der Waals surface area contributed by atoms with Gasteiger partial charge in [0.15, 0.2) is 5.69 Å². The number of ether oxygens (including phenoxy) is 1. The van der Waals surface area contributed by atoms with Gasteiger partial charge in [0, 0.05) is 18.0 Å². The molecule has 0 spiro atoms. The Balaban J connectivity index is 1.74. The van der Waals surface area contributed by atoms with E-state index in [1.807, 2.05) is 0 Å². The Morgan fingerprint density at radius 3 is 2.75 bits per heavy atom. The first-order valence-corrected chi connectivity index (χ1v) is 8.55. The number of aromatic amines is 1. The highest BCUT2D eigenvalue weighted by molar-refractivity contribution is 5.70. The average molecular weight is 374 g/mol. The molecular formula is C21H15FN4O2. The van der Waals surface area contributed by atoms with E-state index in [9.17, 15) is 9.18 Å². The highest BCUT2D eigenvalue weighted by atomic mass is 19.1. The molecule has 1 aromatic carbocycles. The number of H-pyrrole nitrogens is 1. The molecule has 0 saturated carbocycles. The summed E-state index contributed by atoms with van der Waals surface area (Å²) in [6.07, 6.45) is 3.27. The van der Waals surface area contributed by atoms with E-state index in [2.05, 4.69) is 16.0 Å². The van der Waals surface area contributed by atoms with E-state index >= 15 is 0 Å². The van der Waals surface area contributed by atoms with Crippen LogP contribution in [-0.2, 0) is 6.61 Å². The third-order valence-corrected chi connectivity index (χ3v) is 4.48. The Kier molecular flexibility index (Phi) is 4.38. The van der Waals surface area contributed by atoms with Crippen molar-refractivity contribution in [2.75, 3.05) is 0 Å². The summed E-state index contributed by atoms with van der Waals surface area (Å²) < 4.78 is 20.7. The minimum Gasteiger partial charge on any atom is -0.488 e. The third-order valence-electron chi connectivity index (χ3n) is 4.48. The van der Waals surface area contributed by atoms with Gasteiger partial charge in [0.2, 0.25) is 0 Å². The van der Waals surface area contributed by atoms with Gasteiger partial charge in [-0.1, -0.05) is 12.1 Å². The van der Waals surface area contributed by atoms with Gasteiger partial charge in [0.05, 0.1) is 11.3 Å². The van der Waals surface area contributed by atoms with Gasteiger partial charge in [0.25, 0.3) is 5.56 Å². The molecule has 0 unspecified atom stereocenters. The van der Waals surface area contributed by atoms with Crippen LogP contribution in [0.1, 0.15) is 17.0 Å². The summed E-state index contributed by atoms with van der Waals surface area (Å²) in [5, 5.41) is 9.17. The number of pyridine rings is 2. The van der Waals surface area contributed by atoms with Gasteiger partial charge < -0.3 is 14.1 Å². The molecule has 3 heterocycles. The second-order valence-corrected chi connectivity index (χ2v) is 6.26. The molecule has 0 aliphatic rings. The van der Waals surface area contributed by atoms with Gasteiger partial charge in [-0.2, -0.15) is 5.26 Å². The number of nitrogens with zero attached hydrogens (tertiary/aromatic N) is 3. The molecule has 0 radical (unpaired) electrons. The Labute approximate surface area is 159 Å². The summed E-state index contributed by atoms with van der Waals surface area (Å²) in [4.78, 5) is 19.4. The molecule has 3 aromatic heterocycles. The van der Waals surface area contributed by atoms with Crippen molar-refractivity contribution in [2.45, 2.75) is 13.5 Å². The largest absolute Gasteiger partial charge is 0.488 e. The van der Waals surface area contributed by atoms with E-state index in [0.717, 1.165) is 5.56 Å². The van der Waals surface area contributed by atoms with Crippen molar-refractivity contribution in [3.05, 3.63) is 88.0 Å². The van der Waals surface area contributed by atoms with Crippen molar-refractivity contribution < 1.29 is 9.13 Å². The predicted molar refractivity (Wildman–Crippen MR) is 101 cm³/mol. The smallest absolute Gasteiger partial charge is 0.259 e. The number of aryl methyl sites for hydroxylation is 1. The number of hydrogen-bond acceptors (Lipinski definition) is 4. The van der Waals surface area contributed by atoms with Crippen LogP contribution in [0.3, 0.4) is 0 Å². The van der Waals surface area contributed by atoms with E-state index in [1.54, 1.807) is 47.9 Å². The number of rotatable bonds is 4. The van der Waals surface area contributed by atoms with Crippen LogP contribution < -0.4 is 10.3 Å². The molecule has 0 atom stereocenters. The number of aromatic nitrogens is 3. The molecule has 0 amide bonds. The van der Waals surface area contributed by atoms with Crippen LogP contribution in [0.15, 0.2) is 59.7 Å². The van der Waals surface area contributed by atoms with Crippen LogP contribution in [-0.4, -0.2) is 14.4 Å². The number of nitriles is 1. The Hall–Kier alpha value is -3.92. The zero-order chi connectivity index (χ0) is 19.7. The first kappa shape index (κ1) is 17.5. The highest BCUT2D eigenvalue weighted by Crippen LogP contribution is 2.27. The Morgan fingerprint density at radius 1 is 1.21 bits per heavy atom. The quantitative estimate of drug-likeness (QED) is 0.592. The lowest BCUT2D eigenvalue weighted by molar-refractivity contribution is 0.306. The van der Waals surface area contributed by atoms with Crippen molar-refractivity contribution in [1.82, 2.24) is 14.4 Å². The molecule has 28 heavy (non-hydrogen) atoms. The standard InChI is InChI=1S/C21H15FN4O2/c1-13-17(10-23)25-19-7-4-15(11-26(13)19)20-18(8-9-24-21(20)27)28-12-14-2-5-16(22)6-3-14/h2-9,11H,12H2,1H3,(H,24,27). The van der Waals surface area contributed by atoms with Crippen molar-refractivity contribution in [1.29, 1.82) is 5.26 Å². The fourth-order valence-corrected chi connectivity index (χ4v) is 3.01. The topological polar surface area (TPSA) is 83.2 Å². The molecule has 0 saturated heterocycles. The minimum atomic E-state index is -0.318. The number of nitrogens with one attached hydrogen (secondary N) is 1. The summed E-state index contributed by atoms with van der Waals surface area (Å²) in [5.74, 6) is 0.0898. The maximum atomic E-state index is 13.1. The van der Waals surface area contributed by atoms with Crippen LogP contribution in [0.2, 0.25) is 0 Å². The minimum absolute atomic E-state index is 0.196. The zero-order valence-electron chi connectivity index (χ0n) is 14.9. The lowest BCUT2D eigenvalue weighted by Crippen LogP contribution is -2.11. The van der Waals surface area contributed by atoms with Crippen molar-refractivity contribution in [3.8, 4) is 22.9 Å². The molecule has 6 nitrogen and oxygen atoms in total. The second-order valence-electron chi connectivity index (χ2n) is 6.26. The maximum Gasteiger partial charge on any atom is 0.259 e. The molecule has 0 bridgehead atoms. The van der Waals surface area contributed by atoms with Crippen molar-refractivity contribution in [2.24, 2.45) is 0 Å². The summed E-state index contributed by atoms with van der Waals surface area (Å²) in [6.45, 7) is 1.99. The normalized spacial score (nSPS) is 10.8. The van der Waals surface area contributed by atoms with Crippen LogP contribution in [0.25, 0.3) is 16.8 Å². The van der Waals surface area contributed by atoms with E-state index in [0.29, 0.717) is 33.9 Å². The highest BCUT2D eigenvalue weighted by Gasteiger charge is 2.14. The summed E-state index contributed by atoms with van der Waals surface area (Å²) in [5.41, 5.74) is 3.15. The monoisotopic (exact) mass is 374 g/mol. The summed E-state index contributed by atoms with van der Waals surface area (Å²) in [7, 11) is 0. The Bertz CT molecular complexity index is 1270. The number of imidazole rings is 1. The SMILES string of the molecule is Cc1c(C#N)nc2ccc(-c3c(OCc4ccc(F)cc4)cc[nH]c3=O)cn12. The van der Waals surface area contributed by atoms with E-state index in [1.165, 1.54) is 18.3 Å². The fourth-order valence-electron chi connectivity index (χ4n) is 3.01. The molecule has 4 aromatic rings.